The molecule has 0 bridgehead atoms. The summed E-state index contributed by atoms with van der Waals surface area (Å²) >= 11 is 1.45. The van der Waals surface area contributed by atoms with Gasteiger partial charge in [-0.15, -0.1) is 23.6 Å². The maximum atomic E-state index is 13.6. The molecule has 6 aromatic rings. The van der Waals surface area contributed by atoms with Gasteiger partial charge in [0.25, 0.3) is 0 Å². The number of fused-ring (bicyclic) bond motifs is 3. The van der Waals surface area contributed by atoms with Crippen LogP contribution in [0.25, 0.3) is 53.5 Å². The van der Waals surface area contributed by atoms with Crippen LogP contribution in [0.15, 0.2) is 78.9 Å². The molecule has 0 fully saturated rings. The molecule has 0 saturated heterocycles. The van der Waals surface area contributed by atoms with Crippen LogP contribution in [0.5, 0.6) is 0 Å². The van der Waals surface area contributed by atoms with Gasteiger partial charge in [-0.2, -0.15) is 36.5 Å². The molecule has 0 amide bonds. The molecular weight excluding hydrogens is 703 g/mol. The zero-order valence-electron chi connectivity index (χ0n) is 18.9. The Bertz CT molecular complexity index is 1790. The van der Waals surface area contributed by atoms with Gasteiger partial charge in [0.1, 0.15) is 0 Å². The van der Waals surface area contributed by atoms with Crippen LogP contribution in [0.3, 0.4) is 0 Å². The van der Waals surface area contributed by atoms with Gasteiger partial charge in [0.05, 0.1) is 16.8 Å². The van der Waals surface area contributed by atoms with E-state index in [-0.39, 0.29) is 31.4 Å². The van der Waals surface area contributed by atoms with Crippen molar-refractivity contribution in [1.29, 1.82) is 0 Å². The van der Waals surface area contributed by atoms with E-state index in [1.807, 2.05) is 54.6 Å². The predicted octanol–water partition coefficient (Wildman–Crippen LogP) is 9.17. The first kappa shape index (κ1) is 26.3. The van der Waals surface area contributed by atoms with Crippen LogP contribution >= 0.6 is 11.3 Å². The van der Waals surface area contributed by atoms with Crippen LogP contribution in [0.2, 0.25) is 0 Å². The van der Waals surface area contributed by atoms with Gasteiger partial charge in [-0.05, 0) is 43.9 Å². The van der Waals surface area contributed by atoms with Gasteiger partial charge in [-0.25, -0.2) is 11.3 Å². The van der Waals surface area contributed by atoms with Crippen molar-refractivity contribution < 1.29 is 46.4 Å². The first-order chi connectivity index (χ1) is 17.6. The van der Waals surface area contributed by atoms with E-state index in [1.54, 1.807) is 6.07 Å². The van der Waals surface area contributed by atoms with Crippen LogP contribution in [0, 0.1) is 6.07 Å². The van der Waals surface area contributed by atoms with E-state index in [9.17, 15) is 26.3 Å². The molecule has 0 spiro atoms. The fourth-order valence-corrected chi connectivity index (χ4v) is 5.42. The van der Waals surface area contributed by atoms with Gasteiger partial charge in [0, 0.05) is 36.7 Å². The van der Waals surface area contributed by atoms with Gasteiger partial charge < -0.3 is 0 Å². The normalized spacial score (nSPS) is 12.3. The summed E-state index contributed by atoms with van der Waals surface area (Å²) < 4.78 is 81.9. The number of hydrogen-bond donors (Lipinski definition) is 0. The molecular formula is C28H13F6IrN2S-. The molecule has 193 valence electrons. The van der Waals surface area contributed by atoms with Crippen molar-refractivity contribution in [2.45, 2.75) is 12.4 Å². The number of aromatic nitrogens is 2. The second-order valence-electron chi connectivity index (χ2n) is 8.45. The summed E-state index contributed by atoms with van der Waals surface area (Å²) in [6, 6.07) is 24.0. The molecule has 0 aliphatic heterocycles. The summed E-state index contributed by atoms with van der Waals surface area (Å²) in [5.41, 5.74) is -3.07. The number of thiophene rings is 1. The third-order valence-corrected chi connectivity index (χ3v) is 7.19. The van der Waals surface area contributed by atoms with Crippen LogP contribution in [-0.2, 0) is 32.5 Å². The largest absolute Gasteiger partial charge is 0.417 e. The summed E-state index contributed by atoms with van der Waals surface area (Å²) in [6.07, 6.45) is -10.4. The van der Waals surface area contributed by atoms with Crippen molar-refractivity contribution in [3.63, 3.8) is 0 Å². The maximum Gasteiger partial charge on any atom is 0.417 e. The zero-order valence-corrected chi connectivity index (χ0v) is 22.1. The van der Waals surface area contributed by atoms with Crippen molar-refractivity contribution >= 4 is 43.0 Å². The summed E-state index contributed by atoms with van der Waals surface area (Å²) in [5.74, 6) is 0. The number of benzene rings is 4. The first-order valence-electron chi connectivity index (χ1n) is 11.0. The SMILES string of the molecule is FC(F)(F)c1ccc(-c2nnc(-c3[c-]c4ccccc4s3)c3cc4ccccc4cc23)cc1C(F)(F)F.[Ir]. The smallest absolute Gasteiger partial charge is 0.206 e. The number of alkyl halides is 6. The zero-order chi connectivity index (χ0) is 25.9. The minimum atomic E-state index is -5.21. The molecule has 0 aliphatic rings. The molecule has 0 unspecified atom stereocenters. The van der Waals surface area contributed by atoms with Crippen molar-refractivity contribution in [1.82, 2.24) is 10.2 Å². The third-order valence-electron chi connectivity index (χ3n) is 6.11. The van der Waals surface area contributed by atoms with Crippen molar-refractivity contribution in [2.75, 3.05) is 0 Å². The quantitative estimate of drug-likeness (QED) is 0.102. The summed E-state index contributed by atoms with van der Waals surface area (Å²) in [6.45, 7) is 0. The minimum absolute atomic E-state index is 0. The van der Waals surface area contributed by atoms with Crippen LogP contribution < -0.4 is 0 Å². The molecule has 0 aliphatic carbocycles. The fourth-order valence-electron chi connectivity index (χ4n) is 4.42. The Balaban J connectivity index is 0.00000294. The van der Waals surface area contributed by atoms with Gasteiger partial charge in [-0.1, -0.05) is 48.5 Å². The van der Waals surface area contributed by atoms with E-state index in [0.717, 1.165) is 26.9 Å². The second kappa shape index (κ2) is 9.45. The Morgan fingerprint density at radius 3 is 1.84 bits per heavy atom. The van der Waals surface area contributed by atoms with E-state index < -0.39 is 23.5 Å². The minimum Gasteiger partial charge on any atom is -0.206 e. The van der Waals surface area contributed by atoms with Gasteiger partial charge >= 0.3 is 12.4 Å². The van der Waals surface area contributed by atoms with Crippen LogP contribution in [0.4, 0.5) is 26.3 Å². The van der Waals surface area contributed by atoms with Crippen molar-refractivity contribution in [3.8, 4) is 21.8 Å². The molecule has 0 atom stereocenters. The molecule has 0 saturated carbocycles. The maximum absolute atomic E-state index is 13.6. The van der Waals surface area contributed by atoms with E-state index >= 15 is 0 Å². The molecule has 10 heteroatoms. The monoisotopic (exact) mass is 716 g/mol. The molecule has 38 heavy (non-hydrogen) atoms. The Kier molecular flexibility index (Phi) is 6.54. The topological polar surface area (TPSA) is 25.8 Å². The first-order valence-corrected chi connectivity index (χ1v) is 11.8. The van der Waals surface area contributed by atoms with Gasteiger partial charge in [0.15, 0.2) is 0 Å². The van der Waals surface area contributed by atoms with Crippen LogP contribution in [0.1, 0.15) is 11.1 Å². The molecule has 1 radical (unpaired) electrons. The summed E-state index contributed by atoms with van der Waals surface area (Å²) in [5, 5.41) is 12.2. The van der Waals surface area contributed by atoms with E-state index in [2.05, 4.69) is 16.3 Å². The average molecular weight is 716 g/mol. The second-order valence-corrected chi connectivity index (χ2v) is 9.50. The Morgan fingerprint density at radius 2 is 1.21 bits per heavy atom. The predicted molar refractivity (Wildman–Crippen MR) is 132 cm³/mol. The summed E-state index contributed by atoms with van der Waals surface area (Å²) in [7, 11) is 0. The van der Waals surface area contributed by atoms with Crippen LogP contribution in [-0.4, -0.2) is 10.2 Å². The number of nitrogens with zero attached hydrogens (tertiary/aromatic N) is 2. The Morgan fingerprint density at radius 1 is 0.632 bits per heavy atom. The summed E-state index contributed by atoms with van der Waals surface area (Å²) in [4.78, 5) is 0.698. The molecule has 6 rings (SSSR count). The molecule has 4 aromatic carbocycles. The van der Waals surface area contributed by atoms with E-state index in [1.165, 1.54) is 11.3 Å². The number of rotatable bonds is 2. The fraction of sp³-hybridized carbons (Fsp3) is 0.0714. The third kappa shape index (κ3) is 4.57. The number of halogens is 6. The number of hydrogen-bond acceptors (Lipinski definition) is 3. The average Bonchev–Trinajstić information content (AvgIpc) is 3.29. The van der Waals surface area contributed by atoms with Gasteiger partial charge in [-0.3, -0.25) is 0 Å². The van der Waals surface area contributed by atoms with E-state index in [4.69, 9.17) is 0 Å². The van der Waals surface area contributed by atoms with Crippen molar-refractivity contribution in [2.24, 2.45) is 0 Å². The van der Waals surface area contributed by atoms with Crippen molar-refractivity contribution in [3.05, 3.63) is 96.1 Å². The molecule has 2 heterocycles. The Labute approximate surface area is 229 Å². The van der Waals surface area contributed by atoms with Gasteiger partial charge in [0.2, 0.25) is 0 Å². The van der Waals surface area contributed by atoms with E-state index in [0.29, 0.717) is 33.5 Å². The molecule has 2 aromatic heterocycles. The Hall–Kier alpha value is -3.33. The molecule has 0 N–H and O–H groups in total. The molecule has 2 nitrogen and oxygen atoms in total. The standard InChI is InChI=1S/C28H13F6N2S.Ir/c29-27(30,31)21-10-9-18(13-22(21)28(32,33)34)25-19-11-15-5-1-2-6-16(15)12-20(19)26(36-35-25)24-14-17-7-3-4-8-23(17)37-24;/h1-13H;/q-1;.